The molecule has 26 heavy (non-hydrogen) atoms. The summed E-state index contributed by atoms with van der Waals surface area (Å²) in [4.78, 5) is 17.7. The maximum atomic E-state index is 13.5. The van der Waals surface area contributed by atoms with Crippen LogP contribution >= 0.6 is 12.4 Å². The average molecular weight is 373 g/mol. The summed E-state index contributed by atoms with van der Waals surface area (Å²) in [6, 6.07) is 20.5. The molecule has 1 heterocycles. The van der Waals surface area contributed by atoms with E-state index >= 15 is 0 Å². The lowest BCUT2D eigenvalue weighted by Gasteiger charge is -2.37. The maximum Gasteiger partial charge on any atom is 0.237 e. The second-order valence-electron chi connectivity index (χ2n) is 7.14. The maximum absolute atomic E-state index is 13.5. The molecule has 1 amide bonds. The van der Waals surface area contributed by atoms with Crippen molar-refractivity contribution >= 4 is 18.3 Å². The number of likely N-dealkylation sites (N-methyl/N-ethyl adjacent to an activating group) is 1. The van der Waals surface area contributed by atoms with Gasteiger partial charge in [0.05, 0.1) is 0 Å². The minimum Gasteiger partial charge on any atom is -0.348 e. The molecular weight excluding hydrogens is 344 g/mol. The van der Waals surface area contributed by atoms with Crippen LogP contribution in [0.3, 0.4) is 0 Å². The van der Waals surface area contributed by atoms with Crippen LogP contribution in [0.4, 0.5) is 0 Å². The van der Waals surface area contributed by atoms with E-state index in [9.17, 15) is 4.79 Å². The summed E-state index contributed by atoms with van der Waals surface area (Å²) in [5.41, 5.74) is 1.53. The van der Waals surface area contributed by atoms with Crippen molar-refractivity contribution in [1.82, 2.24) is 9.80 Å². The van der Waals surface area contributed by atoms with E-state index in [0.29, 0.717) is 0 Å². The van der Waals surface area contributed by atoms with Gasteiger partial charge in [-0.1, -0.05) is 60.7 Å². The van der Waals surface area contributed by atoms with Crippen molar-refractivity contribution in [3.8, 4) is 0 Å². The summed E-state index contributed by atoms with van der Waals surface area (Å²) in [6.45, 7) is 3.25. The van der Waals surface area contributed by atoms with Crippen LogP contribution in [0, 0.1) is 0 Å². The fraction of sp³-hybridized carbons (Fsp3) is 0.409. The number of benzene rings is 2. The Kier molecular flexibility index (Phi) is 7.24. The van der Waals surface area contributed by atoms with Crippen LogP contribution in [0.15, 0.2) is 60.7 Å². The van der Waals surface area contributed by atoms with Gasteiger partial charge in [-0.05, 0) is 50.0 Å². The van der Waals surface area contributed by atoms with Crippen LogP contribution < -0.4 is 0 Å². The van der Waals surface area contributed by atoms with Gasteiger partial charge in [0.15, 0.2) is 0 Å². The number of likely N-dealkylation sites (tertiary alicyclic amines) is 1. The van der Waals surface area contributed by atoms with Gasteiger partial charge in [0.25, 0.3) is 0 Å². The SMILES string of the molecule is CN(C)C(=O)C(CCN1CCCC1)(c1ccccc1)c1ccccc1.Cl. The zero-order valence-electron chi connectivity index (χ0n) is 15.7. The topological polar surface area (TPSA) is 23.6 Å². The van der Waals surface area contributed by atoms with Crippen LogP contribution in [-0.4, -0.2) is 49.4 Å². The predicted octanol–water partition coefficient (Wildman–Crippen LogP) is 3.97. The Morgan fingerprint density at radius 1 is 0.923 bits per heavy atom. The van der Waals surface area contributed by atoms with Gasteiger partial charge in [-0.3, -0.25) is 4.79 Å². The highest BCUT2D eigenvalue weighted by atomic mass is 35.5. The molecule has 3 rings (SSSR count). The molecular formula is C22H29ClN2O. The van der Waals surface area contributed by atoms with Gasteiger partial charge in [-0.2, -0.15) is 0 Å². The Morgan fingerprint density at radius 2 is 1.38 bits per heavy atom. The van der Waals surface area contributed by atoms with Gasteiger partial charge < -0.3 is 9.80 Å². The number of nitrogens with zero attached hydrogens (tertiary/aromatic N) is 2. The van der Waals surface area contributed by atoms with Crippen LogP contribution in [0.5, 0.6) is 0 Å². The number of carbonyl (C=O) groups is 1. The molecule has 140 valence electrons. The third kappa shape index (κ3) is 4.11. The van der Waals surface area contributed by atoms with Crippen LogP contribution in [-0.2, 0) is 10.2 Å². The third-order valence-corrected chi connectivity index (χ3v) is 5.31. The van der Waals surface area contributed by atoms with Crippen LogP contribution in [0.25, 0.3) is 0 Å². The molecule has 0 spiro atoms. The minimum atomic E-state index is -0.630. The van der Waals surface area contributed by atoms with E-state index in [4.69, 9.17) is 0 Å². The first-order valence-corrected chi connectivity index (χ1v) is 9.20. The molecule has 1 aliphatic heterocycles. The molecule has 0 radical (unpaired) electrons. The number of carbonyl (C=O) groups excluding carboxylic acids is 1. The molecule has 0 bridgehead atoms. The molecule has 0 atom stereocenters. The molecule has 1 aliphatic rings. The zero-order chi connectivity index (χ0) is 17.7. The Labute approximate surface area is 163 Å². The summed E-state index contributed by atoms with van der Waals surface area (Å²) < 4.78 is 0. The molecule has 0 aliphatic carbocycles. The lowest BCUT2D eigenvalue weighted by molar-refractivity contribution is -0.133. The Balaban J connectivity index is 0.00000243. The van der Waals surface area contributed by atoms with E-state index in [0.717, 1.165) is 37.2 Å². The van der Waals surface area contributed by atoms with Gasteiger partial charge in [0.1, 0.15) is 5.41 Å². The number of amides is 1. The van der Waals surface area contributed by atoms with E-state index in [1.807, 2.05) is 50.5 Å². The normalized spacial score (nSPS) is 14.7. The number of hydrogen-bond acceptors (Lipinski definition) is 2. The molecule has 0 unspecified atom stereocenters. The highest BCUT2D eigenvalue weighted by Crippen LogP contribution is 2.38. The van der Waals surface area contributed by atoms with Crippen LogP contribution in [0.2, 0.25) is 0 Å². The quantitative estimate of drug-likeness (QED) is 0.766. The molecule has 1 saturated heterocycles. The molecule has 0 saturated carbocycles. The molecule has 0 aromatic heterocycles. The fourth-order valence-corrected chi connectivity index (χ4v) is 3.97. The molecule has 2 aromatic rings. The standard InChI is InChI=1S/C22H28N2O.ClH/c1-23(2)21(25)22(19-11-5-3-6-12-19,20-13-7-4-8-14-20)15-18-24-16-9-10-17-24;/h3-8,11-14H,9-10,15-18H2,1-2H3;1H. The van der Waals surface area contributed by atoms with Gasteiger partial charge >= 0.3 is 0 Å². The largest absolute Gasteiger partial charge is 0.348 e. The van der Waals surface area contributed by atoms with Crippen molar-refractivity contribution in [3.05, 3.63) is 71.8 Å². The summed E-state index contributed by atoms with van der Waals surface area (Å²) in [5, 5.41) is 0. The molecule has 0 N–H and O–H groups in total. The predicted molar refractivity (Wildman–Crippen MR) is 110 cm³/mol. The smallest absolute Gasteiger partial charge is 0.237 e. The summed E-state index contributed by atoms with van der Waals surface area (Å²) >= 11 is 0. The van der Waals surface area contributed by atoms with E-state index in [-0.39, 0.29) is 18.3 Å². The van der Waals surface area contributed by atoms with E-state index < -0.39 is 5.41 Å². The molecule has 2 aromatic carbocycles. The second-order valence-corrected chi connectivity index (χ2v) is 7.14. The number of hydrogen-bond donors (Lipinski definition) is 0. The highest BCUT2D eigenvalue weighted by molar-refractivity contribution is 5.91. The summed E-state index contributed by atoms with van der Waals surface area (Å²) in [7, 11) is 3.72. The fourth-order valence-electron chi connectivity index (χ4n) is 3.97. The van der Waals surface area contributed by atoms with Gasteiger partial charge in [-0.15, -0.1) is 12.4 Å². The average Bonchev–Trinajstić information content (AvgIpc) is 3.17. The first-order chi connectivity index (χ1) is 12.1. The molecule has 1 fully saturated rings. The minimum absolute atomic E-state index is 0. The van der Waals surface area contributed by atoms with Crippen molar-refractivity contribution < 1.29 is 4.79 Å². The summed E-state index contributed by atoms with van der Waals surface area (Å²) in [5.74, 6) is 0.157. The third-order valence-electron chi connectivity index (χ3n) is 5.31. The Bertz CT molecular complexity index is 642. The first kappa shape index (κ1) is 20.5. The highest BCUT2D eigenvalue weighted by Gasteiger charge is 2.43. The number of rotatable bonds is 6. The molecule has 4 heteroatoms. The van der Waals surface area contributed by atoms with Gasteiger partial charge in [0.2, 0.25) is 5.91 Å². The van der Waals surface area contributed by atoms with Crippen LogP contribution in [0.1, 0.15) is 30.4 Å². The van der Waals surface area contributed by atoms with E-state index in [1.54, 1.807) is 4.90 Å². The van der Waals surface area contributed by atoms with E-state index in [1.165, 1.54) is 12.8 Å². The monoisotopic (exact) mass is 372 g/mol. The number of halogens is 1. The Hall–Kier alpha value is -1.84. The first-order valence-electron chi connectivity index (χ1n) is 9.20. The van der Waals surface area contributed by atoms with Gasteiger partial charge in [-0.25, -0.2) is 0 Å². The van der Waals surface area contributed by atoms with E-state index in [2.05, 4.69) is 29.2 Å². The van der Waals surface area contributed by atoms with Crippen molar-refractivity contribution in [1.29, 1.82) is 0 Å². The van der Waals surface area contributed by atoms with Crippen molar-refractivity contribution in [2.24, 2.45) is 0 Å². The zero-order valence-corrected chi connectivity index (χ0v) is 16.5. The second kappa shape index (κ2) is 9.20. The van der Waals surface area contributed by atoms with Crippen molar-refractivity contribution in [2.45, 2.75) is 24.7 Å². The Morgan fingerprint density at radius 3 is 1.81 bits per heavy atom. The lowest BCUT2D eigenvalue weighted by Crippen LogP contribution is -2.46. The lowest BCUT2D eigenvalue weighted by atomic mass is 9.70. The summed E-state index contributed by atoms with van der Waals surface area (Å²) in [6.07, 6.45) is 3.34. The van der Waals surface area contributed by atoms with Crippen molar-refractivity contribution in [2.75, 3.05) is 33.7 Å². The van der Waals surface area contributed by atoms with Gasteiger partial charge in [0, 0.05) is 14.1 Å². The molecule has 3 nitrogen and oxygen atoms in total. The van der Waals surface area contributed by atoms with Crippen molar-refractivity contribution in [3.63, 3.8) is 0 Å².